The third-order valence-electron chi connectivity index (χ3n) is 3.53. The Hall–Kier alpha value is -0.280. The van der Waals surface area contributed by atoms with E-state index in [-0.39, 0.29) is 5.91 Å². The highest BCUT2D eigenvalue weighted by Gasteiger charge is 2.18. The molecule has 1 aliphatic heterocycles. The van der Waals surface area contributed by atoms with Gasteiger partial charge in [0.2, 0.25) is 5.91 Å². The number of rotatable bonds is 7. The van der Waals surface area contributed by atoms with Crippen molar-refractivity contribution in [2.75, 3.05) is 32.1 Å². The standard InChI is InChI=1S/C13H25ClN2O/c1-2-16-9-6-12(7-10-16)11-15-13(17)5-3-4-8-14/h12H,2-11H2,1H3,(H,15,17). The maximum absolute atomic E-state index is 11.5. The van der Waals surface area contributed by atoms with Gasteiger partial charge in [-0.2, -0.15) is 0 Å². The van der Waals surface area contributed by atoms with Crippen molar-refractivity contribution < 1.29 is 4.79 Å². The van der Waals surface area contributed by atoms with Gasteiger partial charge in [0, 0.05) is 18.8 Å². The van der Waals surface area contributed by atoms with E-state index in [1.54, 1.807) is 0 Å². The topological polar surface area (TPSA) is 32.3 Å². The van der Waals surface area contributed by atoms with E-state index in [4.69, 9.17) is 11.6 Å². The SMILES string of the molecule is CCN1CCC(CNC(=O)CCCCCl)CC1. The first-order valence-electron chi connectivity index (χ1n) is 6.81. The molecule has 100 valence electrons. The van der Waals surface area contributed by atoms with Crippen molar-refractivity contribution in [2.24, 2.45) is 5.92 Å². The summed E-state index contributed by atoms with van der Waals surface area (Å²) < 4.78 is 0. The van der Waals surface area contributed by atoms with Crippen LogP contribution in [-0.2, 0) is 4.79 Å². The number of likely N-dealkylation sites (tertiary alicyclic amines) is 1. The molecule has 0 atom stereocenters. The number of carbonyl (C=O) groups excluding carboxylic acids is 1. The predicted molar refractivity (Wildman–Crippen MR) is 72.4 cm³/mol. The van der Waals surface area contributed by atoms with Crippen molar-refractivity contribution in [3.63, 3.8) is 0 Å². The lowest BCUT2D eigenvalue weighted by Gasteiger charge is -2.31. The summed E-state index contributed by atoms with van der Waals surface area (Å²) in [4.78, 5) is 14.0. The molecule has 0 spiro atoms. The Morgan fingerprint density at radius 3 is 2.65 bits per heavy atom. The van der Waals surface area contributed by atoms with Gasteiger partial charge in [-0.25, -0.2) is 0 Å². The van der Waals surface area contributed by atoms with Crippen LogP contribution < -0.4 is 5.32 Å². The number of alkyl halides is 1. The number of unbranched alkanes of at least 4 members (excludes halogenated alkanes) is 1. The second-order valence-corrected chi connectivity index (χ2v) is 5.21. The highest BCUT2D eigenvalue weighted by atomic mass is 35.5. The summed E-state index contributed by atoms with van der Waals surface area (Å²) in [5.74, 6) is 1.52. The van der Waals surface area contributed by atoms with Gasteiger partial charge in [0.05, 0.1) is 0 Å². The minimum atomic E-state index is 0.188. The zero-order chi connectivity index (χ0) is 12.5. The molecular weight excluding hydrogens is 236 g/mol. The molecule has 0 aromatic rings. The van der Waals surface area contributed by atoms with Gasteiger partial charge >= 0.3 is 0 Å². The molecule has 0 aromatic heterocycles. The number of amides is 1. The number of halogens is 1. The summed E-state index contributed by atoms with van der Waals surface area (Å²) in [5, 5.41) is 3.04. The molecule has 1 heterocycles. The van der Waals surface area contributed by atoms with E-state index in [0.29, 0.717) is 18.2 Å². The van der Waals surface area contributed by atoms with Crippen LogP contribution in [0.5, 0.6) is 0 Å². The van der Waals surface area contributed by atoms with Crippen LogP contribution >= 0.6 is 11.6 Å². The highest BCUT2D eigenvalue weighted by molar-refractivity contribution is 6.17. The number of hydrogen-bond donors (Lipinski definition) is 1. The Balaban J connectivity index is 2.04. The number of piperidine rings is 1. The van der Waals surface area contributed by atoms with Crippen LogP contribution in [0.4, 0.5) is 0 Å². The molecule has 3 nitrogen and oxygen atoms in total. The fourth-order valence-electron chi connectivity index (χ4n) is 2.23. The van der Waals surface area contributed by atoms with E-state index in [1.807, 2.05) is 0 Å². The number of nitrogens with one attached hydrogen (secondary N) is 1. The molecule has 0 bridgehead atoms. The second kappa shape index (κ2) is 8.76. The average molecular weight is 261 g/mol. The Kier molecular flexibility index (Phi) is 7.62. The zero-order valence-electron chi connectivity index (χ0n) is 10.9. The van der Waals surface area contributed by atoms with Crippen LogP contribution in [0, 0.1) is 5.92 Å². The molecule has 17 heavy (non-hydrogen) atoms. The van der Waals surface area contributed by atoms with Crippen LogP contribution in [0.1, 0.15) is 39.0 Å². The van der Waals surface area contributed by atoms with Crippen molar-refractivity contribution in [1.29, 1.82) is 0 Å². The first kappa shape index (κ1) is 14.8. The van der Waals surface area contributed by atoms with E-state index >= 15 is 0 Å². The van der Waals surface area contributed by atoms with E-state index in [0.717, 1.165) is 25.9 Å². The molecule has 0 radical (unpaired) electrons. The maximum atomic E-state index is 11.5. The summed E-state index contributed by atoms with van der Waals surface area (Å²) in [7, 11) is 0. The third kappa shape index (κ3) is 6.27. The van der Waals surface area contributed by atoms with E-state index < -0.39 is 0 Å². The summed E-state index contributed by atoms with van der Waals surface area (Å²) in [6, 6.07) is 0. The predicted octanol–water partition coefficient (Wildman–Crippen LogP) is 2.24. The van der Waals surface area contributed by atoms with Crippen LogP contribution in [0.2, 0.25) is 0 Å². The van der Waals surface area contributed by atoms with Crippen LogP contribution in [-0.4, -0.2) is 42.9 Å². The summed E-state index contributed by atoms with van der Waals surface area (Å²) in [6.45, 7) is 6.58. The molecule has 1 amide bonds. The summed E-state index contributed by atoms with van der Waals surface area (Å²) in [5.41, 5.74) is 0. The fourth-order valence-corrected chi connectivity index (χ4v) is 2.42. The van der Waals surface area contributed by atoms with Crippen molar-refractivity contribution in [2.45, 2.75) is 39.0 Å². The lowest BCUT2D eigenvalue weighted by molar-refractivity contribution is -0.121. The van der Waals surface area contributed by atoms with Gasteiger partial charge in [-0.3, -0.25) is 4.79 Å². The van der Waals surface area contributed by atoms with Gasteiger partial charge in [-0.05, 0) is 51.2 Å². The van der Waals surface area contributed by atoms with Crippen molar-refractivity contribution >= 4 is 17.5 Å². The average Bonchev–Trinajstić information content (AvgIpc) is 2.37. The Labute approximate surface area is 110 Å². The summed E-state index contributed by atoms with van der Waals surface area (Å²) in [6.07, 6.45) is 4.90. The normalized spacial score (nSPS) is 18.2. The van der Waals surface area contributed by atoms with E-state index in [1.165, 1.54) is 25.9 Å². The first-order chi connectivity index (χ1) is 8.26. The number of carbonyl (C=O) groups is 1. The Bertz CT molecular complexity index is 215. The van der Waals surface area contributed by atoms with Gasteiger partial charge in [0.25, 0.3) is 0 Å². The maximum Gasteiger partial charge on any atom is 0.220 e. The molecule has 1 fully saturated rings. The van der Waals surface area contributed by atoms with Crippen LogP contribution in [0.25, 0.3) is 0 Å². The van der Waals surface area contributed by atoms with Crippen molar-refractivity contribution in [3.05, 3.63) is 0 Å². The molecule has 0 aromatic carbocycles. The van der Waals surface area contributed by atoms with E-state index in [2.05, 4.69) is 17.1 Å². The van der Waals surface area contributed by atoms with Gasteiger partial charge < -0.3 is 10.2 Å². The minimum Gasteiger partial charge on any atom is -0.356 e. The molecule has 0 unspecified atom stereocenters. The minimum absolute atomic E-state index is 0.188. The molecule has 1 rings (SSSR count). The van der Waals surface area contributed by atoms with Crippen LogP contribution in [0.3, 0.4) is 0 Å². The van der Waals surface area contributed by atoms with E-state index in [9.17, 15) is 4.79 Å². The monoisotopic (exact) mass is 260 g/mol. The van der Waals surface area contributed by atoms with Crippen molar-refractivity contribution in [3.8, 4) is 0 Å². The van der Waals surface area contributed by atoms with Gasteiger partial charge in [0.15, 0.2) is 0 Å². The molecule has 1 N–H and O–H groups in total. The molecule has 0 aliphatic carbocycles. The molecule has 0 saturated carbocycles. The third-order valence-corrected chi connectivity index (χ3v) is 3.80. The fraction of sp³-hybridized carbons (Fsp3) is 0.923. The lowest BCUT2D eigenvalue weighted by atomic mass is 9.97. The van der Waals surface area contributed by atoms with Gasteiger partial charge in [-0.1, -0.05) is 6.92 Å². The number of nitrogens with zero attached hydrogens (tertiary/aromatic N) is 1. The van der Waals surface area contributed by atoms with Gasteiger partial charge in [0.1, 0.15) is 0 Å². The zero-order valence-corrected chi connectivity index (χ0v) is 11.6. The lowest BCUT2D eigenvalue weighted by Crippen LogP contribution is -2.38. The Morgan fingerprint density at radius 1 is 1.35 bits per heavy atom. The Morgan fingerprint density at radius 2 is 2.06 bits per heavy atom. The van der Waals surface area contributed by atoms with Gasteiger partial charge in [-0.15, -0.1) is 11.6 Å². The number of hydrogen-bond acceptors (Lipinski definition) is 2. The molecule has 4 heteroatoms. The first-order valence-corrected chi connectivity index (χ1v) is 7.34. The highest BCUT2D eigenvalue weighted by Crippen LogP contribution is 2.15. The summed E-state index contributed by atoms with van der Waals surface area (Å²) >= 11 is 5.57. The molecular formula is C13H25ClN2O. The molecule has 1 saturated heterocycles. The quantitative estimate of drug-likeness (QED) is 0.563. The largest absolute Gasteiger partial charge is 0.356 e. The smallest absolute Gasteiger partial charge is 0.220 e. The second-order valence-electron chi connectivity index (χ2n) is 4.83. The van der Waals surface area contributed by atoms with Crippen LogP contribution in [0.15, 0.2) is 0 Å². The van der Waals surface area contributed by atoms with Crippen molar-refractivity contribution in [1.82, 2.24) is 10.2 Å². The molecule has 1 aliphatic rings.